The average Bonchev–Trinajstić information content (AvgIpc) is 3.96. The van der Waals surface area contributed by atoms with Crippen molar-refractivity contribution in [3.05, 3.63) is 215 Å². The number of aliphatic imine (C=N–C) groups is 2. The van der Waals surface area contributed by atoms with Gasteiger partial charge in [0.15, 0.2) is 11.5 Å². The van der Waals surface area contributed by atoms with Crippen molar-refractivity contribution in [1.29, 1.82) is 0 Å². The first-order valence-corrected chi connectivity index (χ1v) is 27.3. The summed E-state index contributed by atoms with van der Waals surface area (Å²) in [6.07, 6.45) is 0. The van der Waals surface area contributed by atoms with Gasteiger partial charge in [0.25, 0.3) is 0 Å². The van der Waals surface area contributed by atoms with E-state index >= 15 is 0 Å². The van der Waals surface area contributed by atoms with Gasteiger partial charge in [-0.3, -0.25) is 14.9 Å². The largest absolute Gasteiger partial charge is 0.584 e. The minimum Gasteiger partial charge on any atom is -0.394 e. The Labute approximate surface area is 400 Å². The molecule has 0 aliphatic carbocycles. The van der Waals surface area contributed by atoms with E-state index in [9.17, 15) is 26.3 Å². The maximum absolute atomic E-state index is 15.0. The molecule has 0 saturated carbocycles. The van der Waals surface area contributed by atoms with Crippen molar-refractivity contribution < 1.29 is 35.3 Å². The van der Waals surface area contributed by atoms with Crippen LogP contribution in [0.4, 0.5) is 0 Å². The Morgan fingerprint density at radius 1 is 0.493 bits per heavy atom. The van der Waals surface area contributed by atoms with Crippen LogP contribution in [-0.2, 0) is 24.6 Å². The SMILES string of the molecule is CCS(=O)(=O)N1C(c2cc3ccccc3c3c2OP(=O)(O)Oc2c(C4=N[C@@H](c5ccccc5)[C@H](c5ccccc5)N4S(=O)(=O)CC)cc4ccccc4c2-3)=N[C@@H](c2ccccc2)[C@@H]1c1ccccc1. The third kappa shape index (κ3) is 7.59. The number of hydrogen-bond donors (Lipinski definition) is 1. The number of phosphoric acid groups is 1. The zero-order chi connectivity index (χ0) is 47.7. The van der Waals surface area contributed by atoms with Crippen molar-refractivity contribution >= 4 is 61.1 Å². The van der Waals surface area contributed by atoms with E-state index < -0.39 is 52.0 Å². The fourth-order valence-electron chi connectivity index (χ4n) is 9.98. The van der Waals surface area contributed by atoms with Crippen LogP contribution in [0.15, 0.2) is 192 Å². The van der Waals surface area contributed by atoms with Crippen LogP contribution in [0.3, 0.4) is 0 Å². The van der Waals surface area contributed by atoms with Crippen LogP contribution in [0.5, 0.6) is 11.5 Å². The molecule has 0 spiro atoms. The van der Waals surface area contributed by atoms with E-state index in [2.05, 4.69) is 0 Å². The van der Waals surface area contributed by atoms with Gasteiger partial charge in [0.05, 0.1) is 34.7 Å². The van der Waals surface area contributed by atoms with Gasteiger partial charge in [0.2, 0.25) is 20.0 Å². The van der Waals surface area contributed by atoms with Crippen LogP contribution in [0.25, 0.3) is 32.7 Å². The Kier molecular flexibility index (Phi) is 11.0. The first kappa shape index (κ1) is 44.4. The smallest absolute Gasteiger partial charge is 0.394 e. The average molecular weight is 973 g/mol. The second-order valence-corrected chi connectivity index (χ2v) is 22.6. The van der Waals surface area contributed by atoms with Gasteiger partial charge in [0, 0.05) is 11.1 Å². The van der Waals surface area contributed by atoms with E-state index in [1.165, 1.54) is 8.61 Å². The molecular weight excluding hydrogens is 928 g/mol. The van der Waals surface area contributed by atoms with Crippen LogP contribution in [0, 0.1) is 0 Å². The molecule has 12 nitrogen and oxygen atoms in total. The highest BCUT2D eigenvalue weighted by molar-refractivity contribution is 7.89. The van der Waals surface area contributed by atoms with Crippen LogP contribution in [0.1, 0.15) is 71.4 Å². The van der Waals surface area contributed by atoms with Gasteiger partial charge < -0.3 is 9.05 Å². The van der Waals surface area contributed by atoms with Crippen molar-refractivity contribution in [1.82, 2.24) is 8.61 Å². The van der Waals surface area contributed by atoms with Gasteiger partial charge in [-0.15, -0.1) is 0 Å². The van der Waals surface area contributed by atoms with Crippen molar-refractivity contribution in [3.63, 3.8) is 0 Å². The predicted molar refractivity (Wildman–Crippen MR) is 270 cm³/mol. The summed E-state index contributed by atoms with van der Waals surface area (Å²) >= 11 is 0. The number of sulfonamides is 2. The van der Waals surface area contributed by atoms with E-state index in [0.29, 0.717) is 43.8 Å². The normalized spacial score (nSPS) is 19.8. The number of phosphoric ester groups is 1. The Morgan fingerprint density at radius 2 is 0.812 bits per heavy atom. The molecule has 3 aliphatic rings. The topological polar surface area (TPSA) is 155 Å². The monoisotopic (exact) mass is 972 g/mol. The Morgan fingerprint density at radius 3 is 1.16 bits per heavy atom. The highest BCUT2D eigenvalue weighted by Gasteiger charge is 2.49. The molecule has 8 aromatic rings. The number of fused-ring (bicyclic) bond motifs is 7. The number of hydrogen-bond acceptors (Lipinski definition) is 9. The van der Waals surface area contributed by atoms with E-state index in [0.717, 1.165) is 11.1 Å². The Hall–Kier alpha value is -7.09. The lowest BCUT2D eigenvalue weighted by Gasteiger charge is -2.31. The summed E-state index contributed by atoms with van der Waals surface area (Å²) in [4.78, 5) is 22.7. The predicted octanol–water partition coefficient (Wildman–Crippen LogP) is 11.3. The molecule has 0 radical (unpaired) electrons. The first-order valence-electron chi connectivity index (χ1n) is 22.6. The minimum atomic E-state index is -5.26. The van der Waals surface area contributed by atoms with Crippen molar-refractivity contribution in [2.45, 2.75) is 38.0 Å². The molecule has 0 fully saturated rings. The molecule has 0 unspecified atom stereocenters. The molecule has 69 heavy (non-hydrogen) atoms. The summed E-state index contributed by atoms with van der Waals surface area (Å²) in [6.45, 7) is 3.14. The van der Waals surface area contributed by atoms with E-state index in [4.69, 9.17) is 19.0 Å². The first-order chi connectivity index (χ1) is 33.4. The number of amidine groups is 2. The van der Waals surface area contributed by atoms with Gasteiger partial charge in [-0.1, -0.05) is 170 Å². The lowest BCUT2D eigenvalue weighted by Crippen LogP contribution is -2.39. The summed E-state index contributed by atoms with van der Waals surface area (Å²) in [7, 11) is -13.5. The van der Waals surface area contributed by atoms with Crippen molar-refractivity contribution in [2.24, 2.45) is 9.98 Å². The summed E-state index contributed by atoms with van der Waals surface area (Å²) in [5.74, 6) is -0.790. The quantitative estimate of drug-likeness (QED) is 0.133. The molecule has 0 aromatic heterocycles. The summed E-state index contributed by atoms with van der Waals surface area (Å²) in [5.41, 5.74) is 3.83. The Bertz CT molecular complexity index is 3420. The Balaban J connectivity index is 1.24. The number of nitrogens with zero attached hydrogens (tertiary/aromatic N) is 4. The van der Waals surface area contributed by atoms with Crippen LogP contribution in [-0.4, -0.2) is 53.5 Å². The van der Waals surface area contributed by atoms with Gasteiger partial charge in [0.1, 0.15) is 23.8 Å². The summed E-state index contributed by atoms with van der Waals surface area (Å²) in [5, 5.41) is 2.46. The molecule has 11 rings (SSSR count). The van der Waals surface area contributed by atoms with E-state index in [1.54, 1.807) is 26.0 Å². The lowest BCUT2D eigenvalue weighted by atomic mass is 9.88. The third-order valence-electron chi connectivity index (χ3n) is 13.1. The maximum atomic E-state index is 15.0. The number of benzene rings is 8. The third-order valence-corrected chi connectivity index (χ3v) is 17.4. The van der Waals surface area contributed by atoms with Crippen LogP contribution in [0.2, 0.25) is 0 Å². The maximum Gasteiger partial charge on any atom is 0.584 e. The molecular formula is C54H45N4O8PS2. The molecule has 346 valence electrons. The van der Waals surface area contributed by atoms with Crippen molar-refractivity contribution in [2.75, 3.05) is 11.5 Å². The summed E-state index contributed by atoms with van der Waals surface area (Å²) in [6, 6.07) is 52.6. The molecule has 4 atom stereocenters. The van der Waals surface area contributed by atoms with Gasteiger partial charge in [-0.2, -0.15) is 0 Å². The van der Waals surface area contributed by atoms with Gasteiger partial charge >= 0.3 is 7.82 Å². The number of rotatable bonds is 10. The minimum absolute atomic E-state index is 0.0160. The van der Waals surface area contributed by atoms with Crippen molar-refractivity contribution in [3.8, 4) is 22.6 Å². The molecule has 0 bridgehead atoms. The molecule has 0 saturated heterocycles. The lowest BCUT2D eigenvalue weighted by molar-refractivity contribution is 0.294. The van der Waals surface area contributed by atoms with E-state index in [-0.39, 0.29) is 45.8 Å². The van der Waals surface area contributed by atoms with E-state index in [1.807, 2.05) is 170 Å². The fourth-order valence-corrected chi connectivity index (χ4v) is 13.4. The van der Waals surface area contributed by atoms with Crippen LogP contribution < -0.4 is 9.05 Å². The highest BCUT2D eigenvalue weighted by Crippen LogP contribution is 2.61. The van der Waals surface area contributed by atoms with Gasteiger partial charge in [-0.25, -0.2) is 30.0 Å². The van der Waals surface area contributed by atoms with Gasteiger partial charge in [-0.05, 0) is 69.8 Å². The zero-order valence-corrected chi connectivity index (χ0v) is 39.9. The second kappa shape index (κ2) is 17.1. The molecule has 8 aromatic carbocycles. The molecule has 3 aliphatic heterocycles. The zero-order valence-electron chi connectivity index (χ0n) is 37.4. The van der Waals surface area contributed by atoms with Crippen LogP contribution >= 0.6 is 7.82 Å². The molecule has 15 heteroatoms. The highest BCUT2D eigenvalue weighted by atomic mass is 32.2. The molecule has 0 amide bonds. The second-order valence-electron chi connectivity index (χ2n) is 17.1. The molecule has 1 N–H and O–H groups in total. The fraction of sp³-hybridized carbons (Fsp3) is 0.148. The standard InChI is InChI=1S/C54H45N4O8PS2/c1-3-68(61,62)57-49(37-25-13-7-14-26-37)47(35-21-9-5-10-22-35)55-53(57)43-33-39-29-17-19-31-41(39)45-46-42-32-20-18-30-40(42)34-44(52(46)66-67(59,60)65-51(43)45)54-56-48(36-23-11-6-12-24-36)50(38-27-15-8-16-28-38)58(54)69(63,64)4-2/h5-34,47-50H,3-4H2,1-2H3,(H,59,60)/t47-,48-,49-,50-/m0/s1. The molecule has 3 heterocycles. The summed E-state index contributed by atoms with van der Waals surface area (Å²) < 4.78 is 89.2.